The molecule has 0 aliphatic carbocycles. The summed E-state index contributed by atoms with van der Waals surface area (Å²) in [6, 6.07) is 5.04. The van der Waals surface area contributed by atoms with E-state index in [-0.39, 0.29) is 12.2 Å². The average molecular weight is 353 g/mol. The van der Waals surface area contributed by atoms with Crippen LogP contribution in [-0.4, -0.2) is 23.8 Å². The number of hydrogen-bond donors (Lipinski definition) is 1. The normalized spacial score (nSPS) is 24.0. The van der Waals surface area contributed by atoms with E-state index in [9.17, 15) is 0 Å². The highest BCUT2D eigenvalue weighted by Crippen LogP contribution is 2.30. The van der Waals surface area contributed by atoms with Crippen LogP contribution in [0.15, 0.2) is 34.3 Å². The molecule has 0 amide bonds. The van der Waals surface area contributed by atoms with E-state index in [0.29, 0.717) is 10.6 Å². The molecule has 2 rings (SSSR count). The molecule has 1 aromatic carbocycles. The van der Waals surface area contributed by atoms with Gasteiger partial charge in [-0.15, -0.1) is 4.33 Å². The molecule has 0 bridgehead atoms. The Bertz CT molecular complexity index is 621. The van der Waals surface area contributed by atoms with E-state index in [0.717, 1.165) is 30.4 Å². The molecule has 3 atom stereocenters. The minimum atomic E-state index is -0.427. The lowest BCUT2D eigenvalue weighted by molar-refractivity contribution is -0.432. The van der Waals surface area contributed by atoms with Gasteiger partial charge in [0, 0.05) is 15.5 Å². The smallest absolute Gasteiger partial charge is 0.177 e. The van der Waals surface area contributed by atoms with Gasteiger partial charge in [-0.25, -0.2) is 5.26 Å². The lowest BCUT2D eigenvalue weighted by Crippen LogP contribution is -2.35. The van der Waals surface area contributed by atoms with E-state index in [1.54, 1.807) is 18.2 Å². The summed E-state index contributed by atoms with van der Waals surface area (Å²) in [6.45, 7) is 4.10. The van der Waals surface area contributed by atoms with Gasteiger partial charge in [0.25, 0.3) is 0 Å². The van der Waals surface area contributed by atoms with E-state index in [1.807, 2.05) is 19.1 Å². The van der Waals surface area contributed by atoms with Crippen LogP contribution in [-0.2, 0) is 18.8 Å². The standard InChI is InChI=1S/C15H19N3O5S/c1-3-13-8-10(2)20-15(21-13)7-5-11-4-6-12(17-18-16)9-14(11)24-23-22-19/h4-7,9-10,13,15,19H,3,8H2,1-2H3. The highest BCUT2D eigenvalue weighted by Gasteiger charge is 2.24. The molecule has 0 aromatic heterocycles. The van der Waals surface area contributed by atoms with Crippen molar-refractivity contribution in [1.29, 1.82) is 0 Å². The molecule has 1 aliphatic rings. The third-order valence-electron chi connectivity index (χ3n) is 3.49. The van der Waals surface area contributed by atoms with Crippen LogP contribution < -0.4 is 0 Å². The van der Waals surface area contributed by atoms with Gasteiger partial charge in [-0.05, 0) is 43.0 Å². The summed E-state index contributed by atoms with van der Waals surface area (Å²) >= 11 is 0.791. The van der Waals surface area contributed by atoms with Crippen molar-refractivity contribution in [2.75, 3.05) is 0 Å². The van der Waals surface area contributed by atoms with Gasteiger partial charge < -0.3 is 9.47 Å². The van der Waals surface area contributed by atoms with Crippen LogP contribution in [0.4, 0.5) is 5.69 Å². The second-order valence-electron chi connectivity index (χ2n) is 5.21. The second kappa shape index (κ2) is 9.65. The van der Waals surface area contributed by atoms with Crippen molar-refractivity contribution in [3.63, 3.8) is 0 Å². The average Bonchev–Trinajstić information content (AvgIpc) is 2.58. The zero-order chi connectivity index (χ0) is 17.4. The third kappa shape index (κ3) is 5.50. The molecule has 9 heteroatoms. The Kier molecular flexibility index (Phi) is 7.54. The maximum absolute atomic E-state index is 8.51. The maximum atomic E-state index is 8.51. The summed E-state index contributed by atoms with van der Waals surface area (Å²) in [4.78, 5) is 3.34. The molecule has 0 spiro atoms. The highest BCUT2D eigenvalue weighted by atomic mass is 32.2. The van der Waals surface area contributed by atoms with Gasteiger partial charge in [0.2, 0.25) is 0 Å². The first-order chi connectivity index (χ1) is 11.7. The first-order valence-corrected chi connectivity index (χ1v) is 8.23. The van der Waals surface area contributed by atoms with Crippen LogP contribution in [0.2, 0.25) is 0 Å². The minimum Gasteiger partial charge on any atom is -0.346 e. The lowest BCUT2D eigenvalue weighted by Gasteiger charge is -2.32. The Balaban J connectivity index is 2.15. The summed E-state index contributed by atoms with van der Waals surface area (Å²) in [6.07, 6.45) is 5.32. The zero-order valence-electron chi connectivity index (χ0n) is 13.4. The number of benzene rings is 1. The fourth-order valence-corrected chi connectivity index (χ4v) is 2.87. The minimum absolute atomic E-state index is 0.130. The van der Waals surface area contributed by atoms with Gasteiger partial charge in [0.05, 0.1) is 24.3 Å². The van der Waals surface area contributed by atoms with Crippen molar-refractivity contribution in [1.82, 2.24) is 0 Å². The Labute approximate surface area is 144 Å². The summed E-state index contributed by atoms with van der Waals surface area (Å²) in [5, 5.41) is 15.5. The molecule has 1 fully saturated rings. The first kappa shape index (κ1) is 18.8. The number of azide groups is 1. The van der Waals surface area contributed by atoms with Gasteiger partial charge in [0.1, 0.15) is 0 Å². The molecule has 1 N–H and O–H groups in total. The van der Waals surface area contributed by atoms with Crippen molar-refractivity contribution in [2.24, 2.45) is 5.11 Å². The molecule has 1 aliphatic heterocycles. The lowest BCUT2D eigenvalue weighted by atomic mass is 10.1. The first-order valence-electron chi connectivity index (χ1n) is 7.49. The van der Waals surface area contributed by atoms with Crippen LogP contribution in [0.3, 0.4) is 0 Å². The number of nitrogens with zero attached hydrogens (tertiary/aromatic N) is 3. The Morgan fingerprint density at radius 3 is 3.04 bits per heavy atom. The van der Waals surface area contributed by atoms with Crippen LogP contribution in [0.25, 0.3) is 16.5 Å². The van der Waals surface area contributed by atoms with Gasteiger partial charge in [-0.2, -0.15) is 0 Å². The van der Waals surface area contributed by atoms with E-state index < -0.39 is 6.29 Å². The molecule has 1 aromatic rings. The topological polar surface area (TPSA) is 106 Å². The summed E-state index contributed by atoms with van der Waals surface area (Å²) < 4.78 is 16.1. The van der Waals surface area contributed by atoms with E-state index in [2.05, 4.69) is 26.3 Å². The third-order valence-corrected chi connectivity index (χ3v) is 4.15. The van der Waals surface area contributed by atoms with Crippen molar-refractivity contribution in [2.45, 2.75) is 50.1 Å². The van der Waals surface area contributed by atoms with Crippen molar-refractivity contribution in [3.8, 4) is 0 Å². The fraction of sp³-hybridized carbons (Fsp3) is 0.467. The molecular formula is C15H19N3O5S. The molecule has 1 heterocycles. The van der Waals surface area contributed by atoms with E-state index in [1.165, 1.54) is 0 Å². The van der Waals surface area contributed by atoms with Gasteiger partial charge >= 0.3 is 0 Å². The van der Waals surface area contributed by atoms with E-state index in [4.69, 9.17) is 20.3 Å². The largest absolute Gasteiger partial charge is 0.346 e. The highest BCUT2D eigenvalue weighted by molar-refractivity contribution is 7.94. The zero-order valence-corrected chi connectivity index (χ0v) is 14.2. The van der Waals surface area contributed by atoms with Crippen molar-refractivity contribution >= 4 is 23.8 Å². The van der Waals surface area contributed by atoms with Crippen LogP contribution in [0.5, 0.6) is 0 Å². The summed E-state index contributed by atoms with van der Waals surface area (Å²) in [7, 11) is 0. The van der Waals surface area contributed by atoms with Crippen LogP contribution in [0, 0.1) is 0 Å². The SMILES string of the molecule is CCC1CC(C)OC(C=Cc2ccc(N=[N+]=[N-])cc2SOOO)O1. The predicted octanol–water partition coefficient (Wildman–Crippen LogP) is 5.00. The van der Waals surface area contributed by atoms with Crippen molar-refractivity contribution < 1.29 is 24.1 Å². The van der Waals surface area contributed by atoms with Gasteiger partial charge in [0.15, 0.2) is 6.29 Å². The Morgan fingerprint density at radius 1 is 1.50 bits per heavy atom. The summed E-state index contributed by atoms with van der Waals surface area (Å²) in [5.74, 6) is 0. The van der Waals surface area contributed by atoms with E-state index >= 15 is 0 Å². The number of hydrogen-bond acceptors (Lipinski definition) is 7. The molecule has 130 valence electrons. The molecule has 0 radical (unpaired) electrons. The molecule has 1 saturated heterocycles. The van der Waals surface area contributed by atoms with Gasteiger partial charge in [-0.1, -0.05) is 35.3 Å². The maximum Gasteiger partial charge on any atom is 0.177 e. The molecule has 3 unspecified atom stereocenters. The Morgan fingerprint density at radius 2 is 2.33 bits per heavy atom. The molecule has 0 saturated carbocycles. The predicted molar refractivity (Wildman–Crippen MR) is 89.1 cm³/mol. The monoisotopic (exact) mass is 353 g/mol. The molecule has 8 nitrogen and oxygen atoms in total. The molecular weight excluding hydrogens is 334 g/mol. The van der Waals surface area contributed by atoms with Gasteiger partial charge in [-0.3, -0.25) is 0 Å². The van der Waals surface area contributed by atoms with Crippen LogP contribution in [0.1, 0.15) is 32.3 Å². The quantitative estimate of drug-likeness (QED) is 0.185. The second-order valence-corrected chi connectivity index (χ2v) is 5.96. The number of rotatable bonds is 7. The Hall–Kier alpha value is -1.58. The fourth-order valence-electron chi connectivity index (χ4n) is 2.37. The van der Waals surface area contributed by atoms with Crippen LogP contribution >= 0.6 is 12.0 Å². The number of ether oxygens (including phenoxy) is 2. The summed E-state index contributed by atoms with van der Waals surface area (Å²) in [5.41, 5.74) is 9.70. The molecule has 24 heavy (non-hydrogen) atoms. The van der Waals surface area contributed by atoms with Crippen molar-refractivity contribution in [3.05, 3.63) is 40.3 Å².